The second-order valence-electron chi connectivity index (χ2n) is 17.2. The molecule has 0 aliphatic heterocycles. The van der Waals surface area contributed by atoms with Gasteiger partial charge in [0, 0.05) is 36.4 Å². The molecule has 0 aromatic heterocycles. The highest BCUT2D eigenvalue weighted by atomic mass is 16.5. The minimum absolute atomic E-state index is 0.0642. The first-order valence-electron chi connectivity index (χ1n) is 24.7. The highest BCUT2D eigenvalue weighted by molar-refractivity contribution is 5.99. The van der Waals surface area contributed by atoms with E-state index >= 15 is 0 Å². The fourth-order valence-electron chi connectivity index (χ4n) is 7.76. The van der Waals surface area contributed by atoms with Crippen LogP contribution < -0.4 is 36.5 Å². The van der Waals surface area contributed by atoms with Crippen molar-refractivity contribution in [3.8, 4) is 23.0 Å². The van der Waals surface area contributed by atoms with Crippen molar-refractivity contribution in [3.63, 3.8) is 0 Å². The molecule has 4 aromatic carbocycles. The lowest BCUT2D eigenvalue weighted by Crippen LogP contribution is -2.52. The van der Waals surface area contributed by atoms with E-state index in [9.17, 15) is 28.8 Å². The van der Waals surface area contributed by atoms with E-state index in [-0.39, 0.29) is 42.6 Å². The number of Topliss-reactive ketones (excluding diaryl/α,β-unsaturated/α-hetero) is 2. The fourth-order valence-corrected chi connectivity index (χ4v) is 7.76. The van der Waals surface area contributed by atoms with Crippen LogP contribution in [0.4, 0.5) is 0 Å². The summed E-state index contributed by atoms with van der Waals surface area (Å²) in [5, 5.41) is 11.8. The number of nitrogens with one attached hydrogen (secondary N) is 4. The van der Waals surface area contributed by atoms with Crippen molar-refractivity contribution in [2.45, 2.75) is 142 Å². The summed E-state index contributed by atoms with van der Waals surface area (Å²) in [5.41, 5.74) is 6.48. The van der Waals surface area contributed by atoms with Gasteiger partial charge in [-0.1, -0.05) is 95.7 Å². The molecule has 0 heterocycles. The number of para-hydroxylation sites is 2. The Kier molecular flexibility index (Phi) is 24.6. The highest BCUT2D eigenvalue weighted by Gasteiger charge is 2.31. The number of carbonyl (C=O) groups is 6. The van der Waals surface area contributed by atoms with Gasteiger partial charge in [0.1, 0.15) is 29.0 Å². The van der Waals surface area contributed by atoms with Gasteiger partial charge in [-0.15, -0.1) is 0 Å². The molecule has 4 amide bonds. The molecule has 0 bridgehead atoms. The van der Waals surface area contributed by atoms with Gasteiger partial charge in [0.05, 0.1) is 12.1 Å². The molecule has 6 N–H and O–H groups in total. The van der Waals surface area contributed by atoms with Crippen molar-refractivity contribution in [3.05, 3.63) is 120 Å². The Labute approximate surface area is 403 Å². The minimum atomic E-state index is -1.02. The SMILES string of the molecule is CCCCC[C@H](CC(=O)[C@H](CCCCC)NC(=O)[C@H](CCCCNC(=O)c1ccc(Oc2ccccc2)cc1)NC(=O)c1ccc(Oc2ccccc2)cc1)C(=O)N[C@@H](CCCCN)C(=O)CC. The largest absolute Gasteiger partial charge is 0.457 e. The molecule has 4 atom stereocenters. The normalized spacial score (nSPS) is 12.7. The van der Waals surface area contributed by atoms with E-state index < -0.39 is 35.9 Å². The van der Waals surface area contributed by atoms with E-state index in [4.69, 9.17) is 15.2 Å². The van der Waals surface area contributed by atoms with Crippen LogP contribution in [0.1, 0.15) is 144 Å². The zero-order valence-corrected chi connectivity index (χ0v) is 40.3. The molecule has 0 aliphatic carbocycles. The number of ketones is 2. The molecule has 366 valence electrons. The van der Waals surface area contributed by atoms with Crippen LogP contribution in [0.25, 0.3) is 0 Å². The predicted molar refractivity (Wildman–Crippen MR) is 267 cm³/mol. The smallest absolute Gasteiger partial charge is 0.251 e. The van der Waals surface area contributed by atoms with Crippen LogP contribution in [0.5, 0.6) is 23.0 Å². The maximum absolute atomic E-state index is 14.3. The summed E-state index contributed by atoms with van der Waals surface area (Å²) in [5.74, 6) is -0.121. The standard InChI is InChI=1S/C55H73N5O8/c1-4-7-11-21-42(54(65)58-47(50(61)6-3)27-17-19-37-56)39-51(62)48(26-12-8-5-2)59-55(66)49(60-53(64)41-31-35-46(36-32-41)68-44-24-15-10-16-25-44)28-18-20-38-57-52(63)40-29-33-45(34-30-40)67-43-22-13-9-14-23-43/h9-10,13-16,22-25,29-36,42,47-49H,4-8,11-12,17-21,26-28,37-39,56H2,1-3H3,(H,57,63)(H,58,65)(H,59,66)(H,60,64)/t42-,47+,48+,49+/m1/s1. The number of unbranched alkanes of at least 4 members (excludes halogenated alkanes) is 6. The third-order valence-electron chi connectivity index (χ3n) is 11.8. The first kappa shape index (κ1) is 54.3. The van der Waals surface area contributed by atoms with Gasteiger partial charge < -0.3 is 36.5 Å². The van der Waals surface area contributed by atoms with Gasteiger partial charge >= 0.3 is 0 Å². The van der Waals surface area contributed by atoms with Gasteiger partial charge in [-0.05, 0) is 131 Å². The second kappa shape index (κ2) is 30.8. The monoisotopic (exact) mass is 932 g/mol. The van der Waals surface area contributed by atoms with Gasteiger partial charge in [-0.25, -0.2) is 0 Å². The average molecular weight is 932 g/mol. The number of benzene rings is 4. The van der Waals surface area contributed by atoms with Crippen LogP contribution in [-0.4, -0.2) is 66.4 Å². The summed E-state index contributed by atoms with van der Waals surface area (Å²) in [7, 11) is 0. The first-order chi connectivity index (χ1) is 33.0. The average Bonchev–Trinajstić information content (AvgIpc) is 3.35. The number of amides is 4. The van der Waals surface area contributed by atoms with Crippen LogP contribution in [0.15, 0.2) is 109 Å². The van der Waals surface area contributed by atoms with E-state index in [1.807, 2.05) is 60.7 Å². The predicted octanol–water partition coefficient (Wildman–Crippen LogP) is 9.78. The molecule has 0 aliphatic rings. The second-order valence-corrected chi connectivity index (χ2v) is 17.2. The third kappa shape index (κ3) is 19.5. The topological polar surface area (TPSA) is 195 Å². The first-order valence-corrected chi connectivity index (χ1v) is 24.7. The molecular formula is C55H73N5O8. The zero-order valence-electron chi connectivity index (χ0n) is 40.3. The molecule has 13 nitrogen and oxygen atoms in total. The number of ether oxygens (including phenoxy) is 2. The van der Waals surface area contributed by atoms with Crippen molar-refractivity contribution in [1.82, 2.24) is 21.3 Å². The summed E-state index contributed by atoms with van der Waals surface area (Å²) in [6.07, 6.45) is 9.06. The summed E-state index contributed by atoms with van der Waals surface area (Å²) in [4.78, 5) is 82.2. The fraction of sp³-hybridized carbons (Fsp3) is 0.455. The molecule has 68 heavy (non-hydrogen) atoms. The molecule has 0 saturated heterocycles. The van der Waals surface area contributed by atoms with Gasteiger partial charge in [0.2, 0.25) is 11.8 Å². The molecule has 0 radical (unpaired) electrons. The van der Waals surface area contributed by atoms with E-state index in [2.05, 4.69) is 35.1 Å². The maximum atomic E-state index is 14.3. The summed E-state index contributed by atoms with van der Waals surface area (Å²) in [6, 6.07) is 29.5. The molecule has 0 unspecified atom stereocenters. The van der Waals surface area contributed by atoms with Gasteiger partial charge in [0.15, 0.2) is 11.6 Å². The number of rotatable bonds is 33. The van der Waals surface area contributed by atoms with Crippen molar-refractivity contribution in [2.24, 2.45) is 11.7 Å². The number of carbonyl (C=O) groups excluding carboxylic acids is 6. The Morgan fingerprint density at radius 3 is 1.46 bits per heavy atom. The van der Waals surface area contributed by atoms with E-state index in [0.29, 0.717) is 92.2 Å². The number of hydrogen-bond acceptors (Lipinski definition) is 9. The van der Waals surface area contributed by atoms with Gasteiger partial charge in [0.25, 0.3) is 11.8 Å². The molecule has 0 fully saturated rings. The zero-order chi connectivity index (χ0) is 48.9. The highest BCUT2D eigenvalue weighted by Crippen LogP contribution is 2.24. The van der Waals surface area contributed by atoms with Crippen LogP contribution in [0, 0.1) is 5.92 Å². The number of hydrogen-bond donors (Lipinski definition) is 5. The van der Waals surface area contributed by atoms with E-state index in [1.165, 1.54) is 0 Å². The number of nitrogens with two attached hydrogens (primary N) is 1. The molecule has 13 heteroatoms. The van der Waals surface area contributed by atoms with Gasteiger partial charge in [-0.3, -0.25) is 28.8 Å². The Morgan fingerprint density at radius 1 is 0.471 bits per heavy atom. The molecule has 0 spiro atoms. The Hall–Kier alpha value is -6.34. The van der Waals surface area contributed by atoms with Gasteiger partial charge in [-0.2, -0.15) is 0 Å². The maximum Gasteiger partial charge on any atom is 0.251 e. The van der Waals surface area contributed by atoms with E-state index in [0.717, 1.165) is 38.5 Å². The van der Waals surface area contributed by atoms with Crippen molar-refractivity contribution in [1.29, 1.82) is 0 Å². The lowest BCUT2D eigenvalue weighted by molar-refractivity contribution is -0.134. The lowest BCUT2D eigenvalue weighted by atomic mass is 9.90. The van der Waals surface area contributed by atoms with Crippen molar-refractivity contribution in [2.75, 3.05) is 13.1 Å². The third-order valence-corrected chi connectivity index (χ3v) is 11.8. The lowest BCUT2D eigenvalue weighted by Gasteiger charge is -2.26. The molecular weight excluding hydrogens is 859 g/mol. The van der Waals surface area contributed by atoms with Crippen LogP contribution >= 0.6 is 0 Å². The Balaban J connectivity index is 1.46. The van der Waals surface area contributed by atoms with Crippen LogP contribution in [0.3, 0.4) is 0 Å². The van der Waals surface area contributed by atoms with Crippen LogP contribution in [0.2, 0.25) is 0 Å². The Bertz CT molecular complexity index is 2130. The van der Waals surface area contributed by atoms with Crippen molar-refractivity contribution < 1.29 is 38.2 Å². The summed E-state index contributed by atoms with van der Waals surface area (Å²) < 4.78 is 11.7. The molecule has 4 aromatic rings. The summed E-state index contributed by atoms with van der Waals surface area (Å²) in [6.45, 7) is 6.70. The van der Waals surface area contributed by atoms with Crippen molar-refractivity contribution >= 4 is 35.2 Å². The minimum Gasteiger partial charge on any atom is -0.457 e. The molecule has 0 saturated carbocycles. The van der Waals surface area contributed by atoms with Crippen LogP contribution in [-0.2, 0) is 19.2 Å². The Morgan fingerprint density at radius 2 is 0.926 bits per heavy atom. The van der Waals surface area contributed by atoms with E-state index in [1.54, 1.807) is 55.5 Å². The quantitative estimate of drug-likeness (QED) is 0.0289. The molecule has 4 rings (SSSR count). The summed E-state index contributed by atoms with van der Waals surface area (Å²) >= 11 is 0.